The number of aromatic hydroxyl groups is 1. The smallest absolute Gasteiger partial charge is 0.319 e. The normalized spacial score (nSPS) is 16.4. The first-order valence-corrected chi connectivity index (χ1v) is 13.7. The third kappa shape index (κ3) is 5.13. The molecule has 10 heteroatoms. The predicted octanol–water partition coefficient (Wildman–Crippen LogP) is 4.81. The van der Waals surface area contributed by atoms with E-state index in [2.05, 4.69) is 28.0 Å². The lowest BCUT2D eigenvalue weighted by molar-refractivity contribution is -0.499. The topological polar surface area (TPSA) is 86.4 Å². The monoisotopic (exact) mass is 557 g/mol. The van der Waals surface area contributed by atoms with Crippen molar-refractivity contribution in [3.63, 3.8) is 0 Å². The molecule has 0 bridgehead atoms. The van der Waals surface area contributed by atoms with Crippen LogP contribution in [0.1, 0.15) is 37.7 Å². The summed E-state index contributed by atoms with van der Waals surface area (Å²) in [5, 5.41) is 13.5. The zero-order valence-corrected chi connectivity index (χ0v) is 22.9. The number of aromatic nitrogens is 3. The summed E-state index contributed by atoms with van der Waals surface area (Å²) in [6.07, 6.45) is 12.2. The fraction of sp³-hybridized carbons (Fsp3) is 0.355. The number of phenolic OH excluding ortho intramolecular Hbond substituents is 1. The van der Waals surface area contributed by atoms with Gasteiger partial charge in [0.15, 0.2) is 18.2 Å². The molecule has 8 nitrogen and oxygen atoms in total. The molecule has 1 aliphatic heterocycles. The molecule has 0 spiro atoms. The molecule has 0 atom stereocenters. The number of terminal acetylenes is 1. The number of rotatable bonds is 7. The van der Waals surface area contributed by atoms with Crippen molar-refractivity contribution < 1.29 is 23.2 Å². The van der Waals surface area contributed by atoms with Crippen LogP contribution in [0.15, 0.2) is 30.5 Å². The first-order chi connectivity index (χ1) is 19.8. The number of nitrogens with zero attached hydrogens (tertiary/aromatic N) is 5. The molecule has 2 fully saturated rings. The van der Waals surface area contributed by atoms with Gasteiger partial charge in [-0.25, -0.2) is 18.8 Å². The molecular formula is C31H31F2N6O2+. The van der Waals surface area contributed by atoms with E-state index in [1.807, 2.05) is 16.6 Å². The fourth-order valence-electron chi connectivity index (χ4n) is 5.59. The lowest BCUT2D eigenvalue weighted by Crippen LogP contribution is -2.38. The van der Waals surface area contributed by atoms with E-state index in [4.69, 9.17) is 16.1 Å². The van der Waals surface area contributed by atoms with E-state index in [1.165, 1.54) is 30.5 Å². The minimum Gasteiger partial charge on any atom is -0.508 e. The van der Waals surface area contributed by atoms with Crippen LogP contribution in [0.3, 0.4) is 0 Å². The van der Waals surface area contributed by atoms with Gasteiger partial charge in [0.25, 0.3) is 0 Å². The summed E-state index contributed by atoms with van der Waals surface area (Å²) in [4.78, 5) is 13.6. The Morgan fingerprint density at radius 1 is 1.22 bits per heavy atom. The first kappa shape index (κ1) is 26.8. The molecule has 1 aliphatic carbocycles. The van der Waals surface area contributed by atoms with Gasteiger partial charge in [-0.15, -0.1) is 6.42 Å². The Labute approximate surface area is 236 Å². The largest absolute Gasteiger partial charge is 0.508 e. The number of hydrogen-bond acceptors (Lipinski definition) is 7. The highest BCUT2D eigenvalue weighted by molar-refractivity contribution is 6.03. The van der Waals surface area contributed by atoms with Crippen molar-refractivity contribution in [2.75, 3.05) is 38.3 Å². The molecule has 210 valence electrons. The van der Waals surface area contributed by atoms with E-state index in [0.717, 1.165) is 45.2 Å². The molecule has 3 heterocycles. The summed E-state index contributed by atoms with van der Waals surface area (Å²) in [7, 11) is 1.92. The summed E-state index contributed by atoms with van der Waals surface area (Å²) >= 11 is 0. The molecule has 2 aromatic carbocycles. The van der Waals surface area contributed by atoms with Gasteiger partial charge in [-0.1, -0.05) is 18.4 Å². The molecule has 2 N–H and O–H groups in total. The molecule has 1 saturated carbocycles. The molecule has 6 rings (SSSR count). The third-order valence-electron chi connectivity index (χ3n) is 7.78. The lowest BCUT2D eigenvalue weighted by atomic mass is 9.96. The second kappa shape index (κ2) is 10.6. The molecule has 41 heavy (non-hydrogen) atoms. The standard InChI is InChI=1S/C31H30F2N6O2/c1-4-21-24(32)9-8-19-14-20(40)15-22(25(19)21)27-26(33)28-23(16-34-27)29(39-13-7-5-6-12-35-39)37-30(36-28)41-18-31(10-11-31)17-38(2)3/h1,8-9,14-16,35H,2,5-7,10-13,17-18H2,3H3/p+1. The van der Waals surface area contributed by atoms with Crippen LogP contribution in [-0.4, -0.2) is 64.6 Å². The zero-order chi connectivity index (χ0) is 28.7. The van der Waals surface area contributed by atoms with Crippen molar-refractivity contribution in [3.05, 3.63) is 47.7 Å². The molecule has 4 aromatic rings. The minimum atomic E-state index is -0.747. The number of phenols is 1. The Hall–Kier alpha value is -4.36. The highest BCUT2D eigenvalue weighted by Crippen LogP contribution is 2.46. The van der Waals surface area contributed by atoms with Crippen molar-refractivity contribution in [2.24, 2.45) is 5.41 Å². The molecule has 2 aromatic heterocycles. The molecular weight excluding hydrogens is 526 g/mol. The van der Waals surface area contributed by atoms with Crippen LogP contribution in [0.25, 0.3) is 32.9 Å². The van der Waals surface area contributed by atoms with E-state index in [9.17, 15) is 9.50 Å². The number of halogens is 2. The number of benzene rings is 2. The van der Waals surface area contributed by atoms with Gasteiger partial charge in [-0.3, -0.25) is 9.99 Å². The third-order valence-corrected chi connectivity index (χ3v) is 7.78. The number of ether oxygens (including phenoxy) is 1. The van der Waals surface area contributed by atoms with Crippen LogP contribution >= 0.6 is 0 Å². The molecule has 1 saturated heterocycles. The Kier molecular flexibility index (Phi) is 6.91. The second-order valence-corrected chi connectivity index (χ2v) is 11.1. The number of pyridine rings is 1. The Morgan fingerprint density at radius 3 is 2.80 bits per heavy atom. The van der Waals surface area contributed by atoms with Gasteiger partial charge in [0.2, 0.25) is 0 Å². The first-order valence-electron chi connectivity index (χ1n) is 13.7. The minimum absolute atomic E-state index is 0.00956. The quantitative estimate of drug-likeness (QED) is 0.192. The van der Waals surface area contributed by atoms with Crippen LogP contribution in [0.2, 0.25) is 0 Å². The van der Waals surface area contributed by atoms with E-state index in [1.54, 1.807) is 0 Å². The van der Waals surface area contributed by atoms with Gasteiger partial charge < -0.3 is 9.84 Å². The summed E-state index contributed by atoms with van der Waals surface area (Å²) in [6, 6.07) is 5.56. The fourth-order valence-corrected chi connectivity index (χ4v) is 5.59. The number of hydrazine groups is 1. The lowest BCUT2D eigenvalue weighted by Gasteiger charge is -2.24. The highest BCUT2D eigenvalue weighted by Gasteiger charge is 2.47. The maximum absolute atomic E-state index is 16.5. The summed E-state index contributed by atoms with van der Waals surface area (Å²) in [6.45, 7) is 6.54. The number of anilines is 1. The Balaban J connectivity index is 1.52. The van der Waals surface area contributed by atoms with Gasteiger partial charge in [0.05, 0.1) is 16.4 Å². The van der Waals surface area contributed by atoms with Crippen molar-refractivity contribution in [2.45, 2.75) is 32.1 Å². The van der Waals surface area contributed by atoms with Crippen LogP contribution in [-0.2, 0) is 0 Å². The number of hydrogen-bond donors (Lipinski definition) is 2. The van der Waals surface area contributed by atoms with E-state index in [0.29, 0.717) is 29.7 Å². The van der Waals surface area contributed by atoms with Gasteiger partial charge in [-0.2, -0.15) is 9.97 Å². The Bertz CT molecular complexity index is 1720. The van der Waals surface area contributed by atoms with Gasteiger partial charge >= 0.3 is 6.01 Å². The molecule has 0 unspecified atom stereocenters. The maximum Gasteiger partial charge on any atom is 0.319 e. The van der Waals surface area contributed by atoms with Crippen molar-refractivity contribution >= 4 is 34.2 Å². The zero-order valence-electron chi connectivity index (χ0n) is 22.9. The number of nitrogens with one attached hydrogen (secondary N) is 1. The van der Waals surface area contributed by atoms with Crippen LogP contribution in [0.4, 0.5) is 14.6 Å². The van der Waals surface area contributed by atoms with Crippen molar-refractivity contribution in [3.8, 4) is 35.4 Å². The van der Waals surface area contributed by atoms with Crippen molar-refractivity contribution in [1.82, 2.24) is 20.4 Å². The maximum atomic E-state index is 16.5. The van der Waals surface area contributed by atoms with Crippen LogP contribution < -0.4 is 15.2 Å². The molecule has 0 amide bonds. The Morgan fingerprint density at radius 2 is 2.05 bits per heavy atom. The van der Waals surface area contributed by atoms with Crippen LogP contribution in [0, 0.1) is 29.4 Å². The summed E-state index contributed by atoms with van der Waals surface area (Å²) in [5.74, 6) is 1.34. The van der Waals surface area contributed by atoms with Gasteiger partial charge in [0, 0.05) is 30.2 Å². The van der Waals surface area contributed by atoms with Gasteiger partial charge in [0.1, 0.15) is 43.1 Å². The summed E-state index contributed by atoms with van der Waals surface area (Å²) in [5.41, 5.74) is 3.36. The highest BCUT2D eigenvalue weighted by atomic mass is 19.1. The SMILES string of the molecule is C#Cc1c(F)ccc2cc(O)cc(-c3ncc4c(N5CCCCCN5)nc(OCC5(C[N+](=C)C)CC5)nc4c3F)c12. The summed E-state index contributed by atoms with van der Waals surface area (Å²) < 4.78 is 39.2. The van der Waals surface area contributed by atoms with Crippen molar-refractivity contribution in [1.29, 1.82) is 0 Å². The second-order valence-electron chi connectivity index (χ2n) is 11.1. The number of fused-ring (bicyclic) bond motifs is 2. The van der Waals surface area contributed by atoms with Gasteiger partial charge in [-0.05, 0) is 49.3 Å². The van der Waals surface area contributed by atoms with E-state index >= 15 is 4.39 Å². The predicted molar refractivity (Wildman–Crippen MR) is 154 cm³/mol. The average Bonchev–Trinajstić information content (AvgIpc) is 3.75. The molecule has 2 aliphatic rings. The van der Waals surface area contributed by atoms with Crippen LogP contribution in [0.5, 0.6) is 11.8 Å². The van der Waals surface area contributed by atoms with E-state index < -0.39 is 11.6 Å². The van der Waals surface area contributed by atoms with E-state index in [-0.39, 0.29) is 44.9 Å². The molecule has 0 radical (unpaired) electrons. The average molecular weight is 558 g/mol.